The van der Waals surface area contributed by atoms with Crippen LogP contribution in [0.4, 0.5) is 0 Å². The minimum atomic E-state index is -0.570. The van der Waals surface area contributed by atoms with E-state index >= 15 is 0 Å². The number of carbonyl (C=O) groups excluding carboxylic acids is 1. The highest BCUT2D eigenvalue weighted by atomic mass is 32.1. The molecule has 4 heteroatoms. The number of thiophene rings is 1. The molecule has 0 aliphatic rings. The number of benzene rings is 1. The van der Waals surface area contributed by atoms with Crippen molar-refractivity contribution in [3.8, 4) is 0 Å². The van der Waals surface area contributed by atoms with Crippen LogP contribution in [0.1, 0.15) is 17.4 Å². The van der Waals surface area contributed by atoms with E-state index in [1.54, 1.807) is 18.3 Å². The summed E-state index contributed by atoms with van der Waals surface area (Å²) in [4.78, 5) is 12.6. The van der Waals surface area contributed by atoms with Crippen molar-refractivity contribution in [2.24, 2.45) is 5.73 Å². The van der Waals surface area contributed by atoms with Crippen LogP contribution >= 0.6 is 11.3 Å². The van der Waals surface area contributed by atoms with Gasteiger partial charge in [-0.2, -0.15) is 0 Å². The number of hydrogen-bond donors (Lipinski definition) is 1. The van der Waals surface area contributed by atoms with Crippen LogP contribution in [0.5, 0.6) is 0 Å². The zero-order chi connectivity index (χ0) is 13.1. The van der Waals surface area contributed by atoms with E-state index in [9.17, 15) is 4.79 Å². The van der Waals surface area contributed by atoms with Crippen molar-refractivity contribution in [2.75, 3.05) is 6.61 Å². The van der Waals surface area contributed by atoms with Crippen LogP contribution in [0.3, 0.4) is 0 Å². The first-order valence-corrected chi connectivity index (χ1v) is 6.83. The normalized spacial score (nSPS) is 12.6. The van der Waals surface area contributed by atoms with E-state index in [4.69, 9.17) is 10.5 Å². The van der Waals surface area contributed by atoms with E-state index in [1.807, 2.05) is 0 Å². The number of fused-ring (bicyclic) bond motifs is 1. The van der Waals surface area contributed by atoms with Crippen LogP contribution < -0.4 is 5.73 Å². The lowest BCUT2D eigenvalue weighted by molar-refractivity contribution is -0.144. The van der Waals surface area contributed by atoms with Gasteiger partial charge in [-0.05, 0) is 31.4 Å². The summed E-state index contributed by atoms with van der Waals surface area (Å²) in [5, 5.41) is 1.21. The van der Waals surface area contributed by atoms with Gasteiger partial charge in [-0.1, -0.05) is 17.7 Å². The lowest BCUT2D eigenvalue weighted by Gasteiger charge is -2.08. The van der Waals surface area contributed by atoms with Gasteiger partial charge in [0.25, 0.3) is 0 Å². The molecule has 2 rings (SSSR count). The van der Waals surface area contributed by atoms with E-state index in [0.29, 0.717) is 13.0 Å². The first-order chi connectivity index (χ1) is 8.60. The van der Waals surface area contributed by atoms with E-state index in [-0.39, 0.29) is 5.97 Å². The summed E-state index contributed by atoms with van der Waals surface area (Å²) in [5.74, 6) is -0.328. The molecule has 0 amide bonds. The number of hydrogen-bond acceptors (Lipinski definition) is 4. The Bertz CT molecular complexity index is 562. The van der Waals surface area contributed by atoms with Gasteiger partial charge in [0, 0.05) is 16.0 Å². The zero-order valence-electron chi connectivity index (χ0n) is 10.6. The second kappa shape index (κ2) is 5.50. The molecule has 1 heterocycles. The molecule has 0 aliphatic carbocycles. The minimum absolute atomic E-state index is 0.328. The Balaban J connectivity index is 2.14. The van der Waals surface area contributed by atoms with E-state index in [1.165, 1.54) is 15.6 Å². The molecule has 0 saturated carbocycles. The molecule has 2 N–H and O–H groups in total. The molecular weight excluding hydrogens is 246 g/mol. The van der Waals surface area contributed by atoms with Gasteiger partial charge in [0.2, 0.25) is 0 Å². The minimum Gasteiger partial charge on any atom is -0.465 e. The molecule has 0 fully saturated rings. The molecular formula is C14H17NO2S. The van der Waals surface area contributed by atoms with Crippen molar-refractivity contribution >= 4 is 27.4 Å². The van der Waals surface area contributed by atoms with E-state index < -0.39 is 6.04 Å². The molecule has 1 aromatic heterocycles. The van der Waals surface area contributed by atoms with Crippen molar-refractivity contribution in [1.82, 2.24) is 0 Å². The van der Waals surface area contributed by atoms with Crippen LogP contribution in [0.15, 0.2) is 24.3 Å². The van der Waals surface area contributed by atoms with Crippen LogP contribution in [-0.2, 0) is 16.0 Å². The molecule has 0 saturated heterocycles. The highest BCUT2D eigenvalue weighted by Crippen LogP contribution is 2.27. The summed E-state index contributed by atoms with van der Waals surface area (Å²) in [6.45, 7) is 4.23. The predicted molar refractivity (Wildman–Crippen MR) is 74.9 cm³/mol. The van der Waals surface area contributed by atoms with Crippen molar-refractivity contribution < 1.29 is 9.53 Å². The third-order valence-corrected chi connectivity index (χ3v) is 3.87. The number of ether oxygens (including phenoxy) is 1. The number of nitrogens with two attached hydrogens (primary N) is 1. The first-order valence-electron chi connectivity index (χ1n) is 6.01. The standard InChI is InChI=1S/C14H17NO2S/c1-3-17-14(16)12(15)8-11-7-10-6-9(2)4-5-13(10)18-11/h4-7,12H,3,8,15H2,1-2H3. The Morgan fingerprint density at radius 3 is 2.94 bits per heavy atom. The Morgan fingerprint density at radius 1 is 1.44 bits per heavy atom. The maximum atomic E-state index is 11.5. The number of esters is 1. The van der Waals surface area contributed by atoms with Gasteiger partial charge in [-0.25, -0.2) is 0 Å². The SMILES string of the molecule is CCOC(=O)C(N)Cc1cc2cc(C)ccc2s1. The highest BCUT2D eigenvalue weighted by Gasteiger charge is 2.16. The number of carbonyl (C=O) groups is 1. The van der Waals surface area contributed by atoms with Crippen LogP contribution in [0.2, 0.25) is 0 Å². The fourth-order valence-electron chi connectivity index (χ4n) is 1.87. The lowest BCUT2D eigenvalue weighted by atomic mass is 10.1. The summed E-state index contributed by atoms with van der Waals surface area (Å²) < 4.78 is 6.14. The second-order valence-corrected chi connectivity index (χ2v) is 5.48. The average Bonchev–Trinajstić information content (AvgIpc) is 2.70. The van der Waals surface area contributed by atoms with Gasteiger partial charge in [0.15, 0.2) is 0 Å². The molecule has 3 nitrogen and oxygen atoms in total. The topological polar surface area (TPSA) is 52.3 Å². The summed E-state index contributed by atoms with van der Waals surface area (Å²) in [6, 6.07) is 7.87. The average molecular weight is 263 g/mol. The lowest BCUT2D eigenvalue weighted by Crippen LogP contribution is -2.34. The molecule has 18 heavy (non-hydrogen) atoms. The third kappa shape index (κ3) is 2.89. The Hall–Kier alpha value is -1.39. The van der Waals surface area contributed by atoms with Crippen molar-refractivity contribution in [3.63, 3.8) is 0 Å². The monoisotopic (exact) mass is 263 g/mol. The molecule has 0 bridgehead atoms. The summed E-state index contributed by atoms with van der Waals surface area (Å²) in [6.07, 6.45) is 0.539. The van der Waals surface area contributed by atoms with E-state index in [0.717, 1.165) is 4.88 Å². The van der Waals surface area contributed by atoms with Gasteiger partial charge < -0.3 is 10.5 Å². The highest BCUT2D eigenvalue weighted by molar-refractivity contribution is 7.19. The fraction of sp³-hybridized carbons (Fsp3) is 0.357. The molecule has 1 aromatic carbocycles. The molecule has 1 unspecified atom stereocenters. The predicted octanol–water partition coefficient (Wildman–Crippen LogP) is 2.64. The van der Waals surface area contributed by atoms with Gasteiger partial charge >= 0.3 is 5.97 Å². The van der Waals surface area contributed by atoms with Crippen LogP contribution in [0.25, 0.3) is 10.1 Å². The van der Waals surface area contributed by atoms with Crippen LogP contribution in [-0.4, -0.2) is 18.6 Å². The van der Waals surface area contributed by atoms with Crippen molar-refractivity contribution in [3.05, 3.63) is 34.7 Å². The molecule has 0 aliphatic heterocycles. The van der Waals surface area contributed by atoms with E-state index in [2.05, 4.69) is 31.2 Å². The maximum Gasteiger partial charge on any atom is 0.323 e. The van der Waals surface area contributed by atoms with Gasteiger partial charge in [0.05, 0.1) is 6.61 Å². The quantitative estimate of drug-likeness (QED) is 0.863. The second-order valence-electron chi connectivity index (χ2n) is 4.32. The largest absolute Gasteiger partial charge is 0.465 e. The smallest absolute Gasteiger partial charge is 0.323 e. The molecule has 1 atom stereocenters. The summed E-state index contributed by atoms with van der Waals surface area (Å²) >= 11 is 1.68. The summed E-state index contributed by atoms with van der Waals surface area (Å²) in [7, 11) is 0. The van der Waals surface area contributed by atoms with Gasteiger partial charge in [-0.3, -0.25) is 4.79 Å². The molecule has 96 valence electrons. The molecule has 2 aromatic rings. The van der Waals surface area contributed by atoms with Crippen molar-refractivity contribution in [1.29, 1.82) is 0 Å². The third-order valence-electron chi connectivity index (χ3n) is 2.73. The van der Waals surface area contributed by atoms with Gasteiger partial charge in [-0.15, -0.1) is 11.3 Å². The van der Waals surface area contributed by atoms with Gasteiger partial charge in [0.1, 0.15) is 6.04 Å². The van der Waals surface area contributed by atoms with Crippen molar-refractivity contribution in [2.45, 2.75) is 26.3 Å². The first kappa shape index (κ1) is 13.1. The Labute approximate surface area is 111 Å². The maximum absolute atomic E-state index is 11.5. The fourth-order valence-corrected chi connectivity index (χ4v) is 2.97. The molecule has 0 spiro atoms. The summed E-state index contributed by atoms with van der Waals surface area (Å²) in [5.41, 5.74) is 7.06. The number of aryl methyl sites for hydroxylation is 1. The molecule has 0 radical (unpaired) electrons. The zero-order valence-corrected chi connectivity index (χ0v) is 11.4. The Kier molecular flexibility index (Phi) is 3.99. The number of rotatable bonds is 4. The Morgan fingerprint density at radius 2 is 2.22 bits per heavy atom. The van der Waals surface area contributed by atoms with Crippen LogP contribution in [0, 0.1) is 6.92 Å².